The molecule has 0 saturated heterocycles. The standard InChI is InChI=1S/Cr.3H3N.H4O7P2.3H2O/c;;;;1-8(2,3)7-9(4,5)6;;;/h;3*1H3;(H2,1,2,3)(H2,4,5,6);3*1H2/q+3;;;;;;;/p-3. The minimum Gasteiger partial charge on any atom is -0.790 e. The van der Waals surface area contributed by atoms with Crippen molar-refractivity contribution in [2.24, 2.45) is 0 Å². The van der Waals surface area contributed by atoms with Crippen molar-refractivity contribution in [1.29, 1.82) is 0 Å². The molecule has 1 atom stereocenters. The van der Waals surface area contributed by atoms with Crippen molar-refractivity contribution in [2.45, 2.75) is 0 Å². The summed E-state index contributed by atoms with van der Waals surface area (Å²) in [7, 11) is -11.0. The Bertz CT molecular complexity index is 165. The second kappa shape index (κ2) is 17.9. The molecule has 0 fully saturated rings. The molecule has 107 valence electrons. The average Bonchev–Trinajstić information content (AvgIpc) is 1.14. The number of rotatable bonds is 2. The first kappa shape index (κ1) is 54.7. The van der Waals surface area contributed by atoms with Crippen molar-refractivity contribution in [2.75, 3.05) is 0 Å². The van der Waals surface area contributed by atoms with Gasteiger partial charge in [-0.2, -0.15) is 0 Å². The van der Waals surface area contributed by atoms with Crippen molar-refractivity contribution < 1.29 is 66.8 Å². The van der Waals surface area contributed by atoms with Gasteiger partial charge in [0.05, 0.1) is 7.82 Å². The van der Waals surface area contributed by atoms with E-state index in [0.29, 0.717) is 0 Å². The summed E-state index contributed by atoms with van der Waals surface area (Å²) < 4.78 is 21.4. The maximum atomic E-state index is 9.44. The Kier molecular flexibility index (Phi) is 61.3. The molecule has 0 amide bonds. The van der Waals surface area contributed by atoms with Crippen LogP contribution < -0.4 is 33.1 Å². The molecule has 0 aromatic carbocycles. The van der Waals surface area contributed by atoms with Crippen LogP contribution in [0.1, 0.15) is 0 Å². The van der Waals surface area contributed by atoms with E-state index in [0.717, 1.165) is 0 Å². The van der Waals surface area contributed by atoms with Crippen molar-refractivity contribution in [1.82, 2.24) is 18.5 Å². The fourth-order valence-electron chi connectivity index (χ4n) is 0.126. The van der Waals surface area contributed by atoms with Gasteiger partial charge in [-0.25, -0.2) is 0 Å². The molecule has 13 nitrogen and oxygen atoms in total. The summed E-state index contributed by atoms with van der Waals surface area (Å²) in [5.74, 6) is 0. The quantitative estimate of drug-likeness (QED) is 0.349. The van der Waals surface area contributed by atoms with Crippen LogP contribution >= 0.6 is 15.6 Å². The van der Waals surface area contributed by atoms with Crippen LogP contribution in [0.25, 0.3) is 0 Å². The molecule has 16 N–H and O–H groups in total. The first-order valence-corrected chi connectivity index (χ1v) is 4.43. The van der Waals surface area contributed by atoms with Gasteiger partial charge in [0.1, 0.15) is 0 Å². The minimum absolute atomic E-state index is 0. The molecule has 0 bridgehead atoms. The minimum atomic E-state index is -5.61. The predicted octanol–water partition coefficient (Wildman–Crippen LogP) is -4.70. The molecular weight excluding hydrogens is 316 g/mol. The van der Waals surface area contributed by atoms with Crippen molar-refractivity contribution >= 4 is 15.6 Å². The Morgan fingerprint density at radius 1 is 0.875 bits per heavy atom. The van der Waals surface area contributed by atoms with Gasteiger partial charge >= 0.3 is 17.4 Å². The van der Waals surface area contributed by atoms with Gasteiger partial charge in [-0.1, -0.05) is 0 Å². The SMILES string of the molecule is N.N.N.O.O.O.O=P([O-])([O-])OP(=O)([O-])O.[Cr+3]. The Hall–Kier alpha value is 0.552. The van der Waals surface area contributed by atoms with Crippen molar-refractivity contribution in [3.8, 4) is 0 Å². The molecule has 16 heavy (non-hydrogen) atoms. The summed E-state index contributed by atoms with van der Waals surface area (Å²) in [6.45, 7) is 0. The van der Waals surface area contributed by atoms with E-state index >= 15 is 0 Å². The van der Waals surface area contributed by atoms with Crippen LogP contribution in [0.4, 0.5) is 0 Å². The van der Waals surface area contributed by atoms with Gasteiger partial charge in [-0.05, 0) is 0 Å². The average molecular weight is 332 g/mol. The maximum absolute atomic E-state index is 9.44. The summed E-state index contributed by atoms with van der Waals surface area (Å²) >= 11 is 0. The zero-order chi connectivity index (χ0) is 7.71. The molecule has 0 aromatic rings. The molecule has 0 aliphatic rings. The fourth-order valence-corrected chi connectivity index (χ4v) is 1.14. The number of hydrogen-bond donors (Lipinski definition) is 4. The van der Waals surface area contributed by atoms with E-state index in [1.54, 1.807) is 0 Å². The van der Waals surface area contributed by atoms with E-state index in [1.807, 2.05) is 0 Å². The Labute approximate surface area is 101 Å². The third kappa shape index (κ3) is 62.3. The van der Waals surface area contributed by atoms with Crippen LogP contribution in [-0.2, 0) is 30.8 Å². The summed E-state index contributed by atoms with van der Waals surface area (Å²) in [6.07, 6.45) is 0. The van der Waals surface area contributed by atoms with Gasteiger partial charge < -0.3 is 59.0 Å². The molecule has 0 saturated carbocycles. The smallest absolute Gasteiger partial charge is 0.790 e. The van der Waals surface area contributed by atoms with E-state index in [4.69, 9.17) is 4.89 Å². The molecule has 0 rings (SSSR count). The molecule has 0 aliphatic heterocycles. The van der Waals surface area contributed by atoms with Crippen LogP contribution in [0, 0.1) is 0 Å². The summed E-state index contributed by atoms with van der Waals surface area (Å²) in [5.41, 5.74) is 0. The first-order valence-electron chi connectivity index (χ1n) is 1.48. The summed E-state index contributed by atoms with van der Waals surface area (Å²) in [6, 6.07) is 0. The van der Waals surface area contributed by atoms with E-state index in [9.17, 15) is 23.8 Å². The topological polar surface area (TPSA) is 332 Å². The maximum Gasteiger partial charge on any atom is 3.00 e. The summed E-state index contributed by atoms with van der Waals surface area (Å²) in [4.78, 5) is 35.7. The molecular formula is H16CrN3O10P2. The number of phosphoric acid groups is 2. The predicted molar refractivity (Wildman–Crippen MR) is 44.4 cm³/mol. The van der Waals surface area contributed by atoms with Crippen LogP contribution in [0.2, 0.25) is 0 Å². The van der Waals surface area contributed by atoms with Crippen LogP contribution in [0.3, 0.4) is 0 Å². The van der Waals surface area contributed by atoms with Gasteiger partial charge in [0.15, 0.2) is 0 Å². The third-order valence-corrected chi connectivity index (χ3v) is 1.83. The summed E-state index contributed by atoms with van der Waals surface area (Å²) in [5, 5.41) is 0. The van der Waals surface area contributed by atoms with Gasteiger partial charge in [0.2, 0.25) is 0 Å². The van der Waals surface area contributed by atoms with Crippen molar-refractivity contribution in [3.63, 3.8) is 0 Å². The first-order chi connectivity index (χ1) is 3.71. The third-order valence-electron chi connectivity index (χ3n) is 0.203. The fraction of sp³-hybridized carbons (Fsp3) is 0. The molecule has 1 unspecified atom stereocenters. The largest absolute Gasteiger partial charge is 3.00 e. The molecule has 0 aromatic heterocycles. The van der Waals surface area contributed by atoms with E-state index in [1.165, 1.54) is 0 Å². The molecule has 0 aliphatic carbocycles. The number of hydrogen-bond acceptors (Lipinski definition) is 9. The normalized spacial score (nSPS) is 10.8. The Morgan fingerprint density at radius 3 is 1.06 bits per heavy atom. The zero-order valence-electron chi connectivity index (χ0n) is 7.82. The van der Waals surface area contributed by atoms with Gasteiger partial charge in [0, 0.05) is 0 Å². The molecule has 1 radical (unpaired) electrons. The Morgan fingerprint density at radius 2 is 1.06 bits per heavy atom. The zero-order valence-corrected chi connectivity index (χ0v) is 10.9. The van der Waals surface area contributed by atoms with Gasteiger partial charge in [-0.3, -0.25) is 8.88 Å². The van der Waals surface area contributed by atoms with Crippen LogP contribution in [0.15, 0.2) is 0 Å². The Balaban J connectivity index is -0.0000000152. The van der Waals surface area contributed by atoms with Crippen LogP contribution in [-0.4, -0.2) is 21.3 Å². The van der Waals surface area contributed by atoms with E-state index in [2.05, 4.69) is 4.31 Å². The van der Waals surface area contributed by atoms with Gasteiger partial charge in [-0.15, -0.1) is 0 Å². The second-order valence-electron chi connectivity index (χ2n) is 0.997. The van der Waals surface area contributed by atoms with Crippen LogP contribution in [0.5, 0.6) is 0 Å². The molecule has 0 spiro atoms. The van der Waals surface area contributed by atoms with E-state index in [-0.39, 0.29) is 52.2 Å². The second-order valence-corrected chi connectivity index (χ2v) is 3.48. The molecule has 0 heterocycles. The van der Waals surface area contributed by atoms with Gasteiger partial charge in [0.25, 0.3) is 7.82 Å². The molecule has 16 heteroatoms. The monoisotopic (exact) mass is 332 g/mol. The van der Waals surface area contributed by atoms with Crippen molar-refractivity contribution in [3.05, 3.63) is 0 Å². The van der Waals surface area contributed by atoms with E-state index < -0.39 is 15.6 Å².